The zero-order valence-corrected chi connectivity index (χ0v) is 24.6. The maximum atomic E-state index is 14.1. The van der Waals surface area contributed by atoms with Gasteiger partial charge in [-0.25, -0.2) is 24.4 Å². The van der Waals surface area contributed by atoms with Crippen molar-refractivity contribution in [2.75, 3.05) is 49.1 Å². The van der Waals surface area contributed by atoms with Crippen molar-refractivity contribution in [2.24, 2.45) is 0 Å². The number of carbonyl (C=O) groups is 1. The van der Waals surface area contributed by atoms with Gasteiger partial charge in [0, 0.05) is 50.8 Å². The van der Waals surface area contributed by atoms with Gasteiger partial charge in [0.1, 0.15) is 17.8 Å². The van der Waals surface area contributed by atoms with Crippen LogP contribution in [0.25, 0.3) is 28.1 Å². The number of rotatable bonds is 7. The fourth-order valence-corrected chi connectivity index (χ4v) is 5.90. The molecule has 5 heterocycles. The Bertz CT molecular complexity index is 1890. The predicted molar refractivity (Wildman–Crippen MR) is 164 cm³/mol. The summed E-state index contributed by atoms with van der Waals surface area (Å²) in [5, 5.41) is 10.7. The molecule has 234 valence electrons. The van der Waals surface area contributed by atoms with Gasteiger partial charge in [0.2, 0.25) is 0 Å². The molecule has 0 atom stereocenters. The standard InChI is InChI=1S/C30H32F3N11O/c1-2-41-11-13-42(14-12-41)16-18-3-4-19(15-21(18)30(31,32)33)38-29(45)39-22-7-8-23(43-10-9-35-27(22)43)25-24-26(34)36-17-37-28(24)44(40-25)20-5-6-20/h3-4,7-10,15,17,20H,2,5-6,11-14,16H2,1H3,(H2,34,36,37)(H2,38,39,45). The highest BCUT2D eigenvalue weighted by molar-refractivity contribution is 6.03. The van der Waals surface area contributed by atoms with Gasteiger partial charge in [-0.05, 0) is 49.2 Å². The molecule has 12 nitrogen and oxygen atoms in total. The zero-order valence-electron chi connectivity index (χ0n) is 24.6. The van der Waals surface area contributed by atoms with E-state index in [1.165, 1.54) is 18.5 Å². The summed E-state index contributed by atoms with van der Waals surface area (Å²) in [7, 11) is 0. The quantitative estimate of drug-likeness (QED) is 0.235. The minimum Gasteiger partial charge on any atom is -0.383 e. The Hall–Kier alpha value is -4.76. The van der Waals surface area contributed by atoms with E-state index in [1.54, 1.807) is 28.9 Å². The van der Waals surface area contributed by atoms with Gasteiger partial charge in [0.05, 0.1) is 28.4 Å². The first-order valence-corrected chi connectivity index (χ1v) is 14.9. The fraction of sp³-hybridized carbons (Fsp3) is 0.367. The Balaban J connectivity index is 1.12. The van der Waals surface area contributed by atoms with Crippen LogP contribution in [0.4, 0.5) is 35.2 Å². The number of pyridine rings is 1. The molecular weight excluding hydrogens is 587 g/mol. The number of nitrogens with one attached hydrogen (secondary N) is 2. The molecule has 15 heteroatoms. The third-order valence-corrected chi connectivity index (χ3v) is 8.43. The van der Waals surface area contributed by atoms with Crippen LogP contribution in [0.2, 0.25) is 0 Å². The summed E-state index contributed by atoms with van der Waals surface area (Å²) in [5.74, 6) is 0.306. The normalized spacial score (nSPS) is 16.4. The van der Waals surface area contributed by atoms with Gasteiger partial charge in [-0.1, -0.05) is 13.0 Å². The van der Waals surface area contributed by atoms with Crippen molar-refractivity contribution in [2.45, 2.75) is 38.5 Å². The summed E-state index contributed by atoms with van der Waals surface area (Å²) in [5.41, 5.74) is 8.37. The Morgan fingerprint density at radius 1 is 1.00 bits per heavy atom. The lowest BCUT2D eigenvalue weighted by Gasteiger charge is -2.34. The average molecular weight is 620 g/mol. The predicted octanol–water partition coefficient (Wildman–Crippen LogP) is 4.86. The first-order valence-electron chi connectivity index (χ1n) is 14.9. The fourth-order valence-electron chi connectivity index (χ4n) is 5.90. The number of nitrogens with zero attached hydrogens (tertiary/aromatic N) is 8. The molecule has 0 radical (unpaired) electrons. The number of amides is 2. The molecule has 0 unspecified atom stereocenters. The van der Waals surface area contributed by atoms with Crippen LogP contribution < -0.4 is 16.4 Å². The smallest absolute Gasteiger partial charge is 0.383 e. The number of likely N-dealkylation sites (N-methyl/N-ethyl adjacent to an activating group) is 1. The number of halogens is 3. The number of benzene rings is 1. The monoisotopic (exact) mass is 619 g/mol. The van der Waals surface area contributed by atoms with Crippen LogP contribution in [-0.2, 0) is 12.7 Å². The van der Waals surface area contributed by atoms with Crippen LogP contribution in [0.5, 0.6) is 0 Å². The molecule has 1 saturated heterocycles. The van der Waals surface area contributed by atoms with E-state index >= 15 is 0 Å². The lowest BCUT2D eigenvalue weighted by atomic mass is 10.0. The summed E-state index contributed by atoms with van der Waals surface area (Å²) in [6.45, 7) is 6.24. The van der Waals surface area contributed by atoms with Gasteiger partial charge in [0.15, 0.2) is 11.3 Å². The van der Waals surface area contributed by atoms with Crippen molar-refractivity contribution in [3.05, 3.63) is 60.2 Å². The highest BCUT2D eigenvalue weighted by atomic mass is 19.4. The Kier molecular flexibility index (Phi) is 7.28. The average Bonchev–Trinajstić information content (AvgIpc) is 3.59. The molecule has 4 N–H and O–H groups in total. The molecule has 2 amide bonds. The number of nitrogens with two attached hydrogens (primary N) is 1. The van der Waals surface area contributed by atoms with E-state index in [-0.39, 0.29) is 23.8 Å². The van der Waals surface area contributed by atoms with Crippen LogP contribution in [-0.4, -0.2) is 77.7 Å². The summed E-state index contributed by atoms with van der Waals surface area (Å²) in [4.78, 5) is 30.3. The van der Waals surface area contributed by atoms with E-state index in [9.17, 15) is 18.0 Å². The van der Waals surface area contributed by atoms with Crippen molar-refractivity contribution in [1.82, 2.24) is 38.9 Å². The molecule has 45 heavy (non-hydrogen) atoms. The van der Waals surface area contributed by atoms with Gasteiger partial charge < -0.3 is 21.3 Å². The number of nitrogen functional groups attached to an aromatic ring is 1. The van der Waals surface area contributed by atoms with E-state index in [2.05, 4.69) is 37.4 Å². The number of alkyl halides is 3. The second-order valence-corrected chi connectivity index (χ2v) is 11.4. The number of hydrogen-bond donors (Lipinski definition) is 3. The molecule has 5 aromatic rings. The van der Waals surface area contributed by atoms with Gasteiger partial charge in [-0.2, -0.15) is 18.3 Å². The Morgan fingerprint density at radius 3 is 2.51 bits per heavy atom. The van der Waals surface area contributed by atoms with Crippen molar-refractivity contribution in [3.8, 4) is 11.4 Å². The van der Waals surface area contributed by atoms with Crippen molar-refractivity contribution < 1.29 is 18.0 Å². The number of piperazine rings is 1. The third-order valence-electron chi connectivity index (χ3n) is 8.43. The van der Waals surface area contributed by atoms with Crippen molar-refractivity contribution in [3.63, 3.8) is 0 Å². The third kappa shape index (κ3) is 5.64. The van der Waals surface area contributed by atoms with Gasteiger partial charge in [0.25, 0.3) is 0 Å². The number of urea groups is 1. The maximum Gasteiger partial charge on any atom is 0.416 e. The molecule has 1 aliphatic heterocycles. The van der Waals surface area contributed by atoms with E-state index in [1.807, 2.05) is 9.58 Å². The molecule has 1 aliphatic carbocycles. The van der Waals surface area contributed by atoms with E-state index in [0.717, 1.165) is 38.5 Å². The second kappa shape index (κ2) is 11.3. The largest absolute Gasteiger partial charge is 0.416 e. The SMILES string of the molecule is CCN1CCN(Cc2ccc(NC(=O)Nc3ccc(-c4nn(C5CC5)c5ncnc(N)c45)n4ccnc34)cc2C(F)(F)F)CC1. The van der Waals surface area contributed by atoms with Crippen molar-refractivity contribution >= 4 is 39.9 Å². The minimum absolute atomic E-state index is 0.0305. The summed E-state index contributed by atoms with van der Waals surface area (Å²) in [6, 6.07) is 6.90. The van der Waals surface area contributed by atoms with Crippen LogP contribution in [0, 0.1) is 0 Å². The highest BCUT2D eigenvalue weighted by Gasteiger charge is 2.34. The van der Waals surface area contributed by atoms with E-state index < -0.39 is 17.8 Å². The molecule has 4 aromatic heterocycles. The Labute approximate surface area is 256 Å². The molecule has 0 bridgehead atoms. The topological polar surface area (TPSA) is 135 Å². The van der Waals surface area contributed by atoms with Crippen molar-refractivity contribution in [1.29, 1.82) is 0 Å². The van der Waals surface area contributed by atoms with Crippen LogP contribution >= 0.6 is 0 Å². The maximum absolute atomic E-state index is 14.1. The first-order chi connectivity index (χ1) is 21.7. The second-order valence-electron chi connectivity index (χ2n) is 11.4. The summed E-state index contributed by atoms with van der Waals surface area (Å²) >= 11 is 0. The molecule has 2 aliphatic rings. The van der Waals surface area contributed by atoms with Gasteiger partial charge in [-0.3, -0.25) is 9.30 Å². The minimum atomic E-state index is -4.57. The summed E-state index contributed by atoms with van der Waals surface area (Å²) < 4.78 is 45.9. The van der Waals surface area contributed by atoms with Gasteiger partial charge >= 0.3 is 12.2 Å². The number of carbonyl (C=O) groups excluding carboxylic acids is 1. The van der Waals surface area contributed by atoms with E-state index in [0.29, 0.717) is 52.7 Å². The molecule has 7 rings (SSSR count). The highest BCUT2D eigenvalue weighted by Crippen LogP contribution is 2.40. The number of fused-ring (bicyclic) bond motifs is 2. The Morgan fingerprint density at radius 2 is 1.78 bits per heavy atom. The van der Waals surface area contributed by atoms with Gasteiger partial charge in [-0.15, -0.1) is 0 Å². The van der Waals surface area contributed by atoms with Crippen LogP contribution in [0.15, 0.2) is 49.1 Å². The zero-order chi connectivity index (χ0) is 31.3. The number of hydrogen-bond acceptors (Lipinski definition) is 8. The molecule has 1 saturated carbocycles. The van der Waals surface area contributed by atoms with Crippen LogP contribution in [0.3, 0.4) is 0 Å². The molecule has 1 aromatic carbocycles. The van der Waals surface area contributed by atoms with Crippen LogP contribution in [0.1, 0.15) is 36.9 Å². The lowest BCUT2D eigenvalue weighted by molar-refractivity contribution is -0.138. The number of aromatic nitrogens is 6. The van der Waals surface area contributed by atoms with E-state index in [4.69, 9.17) is 10.8 Å². The molecule has 2 fully saturated rings. The molecule has 0 spiro atoms. The lowest BCUT2D eigenvalue weighted by Crippen LogP contribution is -2.45. The summed E-state index contributed by atoms with van der Waals surface area (Å²) in [6.07, 6.45) is 2.16. The number of anilines is 3. The molecular formula is C30H32F3N11O. The first kappa shape index (κ1) is 29.0. The number of imidazole rings is 1.